The first-order chi connectivity index (χ1) is 8.65. The molecule has 1 aliphatic heterocycles. The number of carboxylic acid groups (broad SMARTS) is 1. The first-order valence-electron chi connectivity index (χ1n) is 6.01. The second-order valence-electron chi connectivity index (χ2n) is 4.51. The second kappa shape index (κ2) is 6.09. The fourth-order valence-electron chi connectivity index (χ4n) is 2.15. The molecule has 1 aromatic rings. The summed E-state index contributed by atoms with van der Waals surface area (Å²) >= 11 is 3.39. The van der Waals surface area contributed by atoms with Crippen LogP contribution >= 0.6 is 15.9 Å². The normalized spacial score (nSPS) is 19.6. The average Bonchev–Trinajstić information content (AvgIpc) is 2.37. The van der Waals surface area contributed by atoms with Gasteiger partial charge in [0.15, 0.2) is 0 Å². The van der Waals surface area contributed by atoms with Crippen molar-refractivity contribution in [2.75, 3.05) is 19.7 Å². The summed E-state index contributed by atoms with van der Waals surface area (Å²) in [7, 11) is 0. The maximum absolute atomic E-state index is 10.9. The van der Waals surface area contributed by atoms with E-state index in [-0.39, 0.29) is 5.92 Å². The van der Waals surface area contributed by atoms with Gasteiger partial charge in [-0.15, -0.1) is 0 Å². The zero-order valence-corrected chi connectivity index (χ0v) is 11.6. The maximum Gasteiger partial charge on any atom is 0.407 e. The number of rotatable bonds is 3. The lowest BCUT2D eigenvalue weighted by Crippen LogP contribution is -2.40. The second-order valence-corrected chi connectivity index (χ2v) is 5.42. The molecule has 1 aliphatic rings. The van der Waals surface area contributed by atoms with Crippen LogP contribution < -0.4 is 4.74 Å². The summed E-state index contributed by atoms with van der Waals surface area (Å²) in [4.78, 5) is 12.4. The van der Waals surface area contributed by atoms with Crippen LogP contribution in [-0.4, -0.2) is 35.8 Å². The molecular weight excluding hydrogens is 298 g/mol. The summed E-state index contributed by atoms with van der Waals surface area (Å²) in [6, 6.07) is 7.68. The molecule has 2 rings (SSSR count). The quantitative estimate of drug-likeness (QED) is 0.932. The molecule has 0 spiro atoms. The number of benzene rings is 1. The molecule has 0 aromatic heterocycles. The van der Waals surface area contributed by atoms with Gasteiger partial charge in [0, 0.05) is 23.5 Å². The van der Waals surface area contributed by atoms with Gasteiger partial charge in [-0.3, -0.25) is 0 Å². The molecule has 0 aliphatic carbocycles. The van der Waals surface area contributed by atoms with Crippen molar-refractivity contribution in [3.63, 3.8) is 0 Å². The molecule has 0 radical (unpaired) electrons. The van der Waals surface area contributed by atoms with Gasteiger partial charge < -0.3 is 14.7 Å². The van der Waals surface area contributed by atoms with E-state index in [0.717, 1.165) is 23.1 Å². The molecule has 0 saturated carbocycles. The van der Waals surface area contributed by atoms with Gasteiger partial charge in [-0.25, -0.2) is 4.79 Å². The fraction of sp³-hybridized carbons (Fsp3) is 0.462. The minimum atomic E-state index is -0.831. The van der Waals surface area contributed by atoms with Crippen molar-refractivity contribution in [2.45, 2.75) is 12.8 Å². The van der Waals surface area contributed by atoms with Crippen molar-refractivity contribution in [3.05, 3.63) is 28.7 Å². The Balaban J connectivity index is 1.84. The van der Waals surface area contributed by atoms with Gasteiger partial charge in [-0.1, -0.05) is 22.0 Å². The first kappa shape index (κ1) is 13.2. The number of halogens is 1. The number of piperidine rings is 1. The molecule has 1 aromatic carbocycles. The Kier molecular flexibility index (Phi) is 4.47. The van der Waals surface area contributed by atoms with Crippen molar-refractivity contribution >= 4 is 22.0 Å². The van der Waals surface area contributed by atoms with Crippen LogP contribution in [0.2, 0.25) is 0 Å². The zero-order chi connectivity index (χ0) is 13.0. The van der Waals surface area contributed by atoms with E-state index in [0.29, 0.717) is 19.7 Å². The van der Waals surface area contributed by atoms with Gasteiger partial charge >= 0.3 is 6.09 Å². The molecule has 1 amide bonds. The Morgan fingerprint density at radius 1 is 1.56 bits per heavy atom. The van der Waals surface area contributed by atoms with Gasteiger partial charge in [0.05, 0.1) is 6.61 Å². The molecule has 0 bridgehead atoms. The van der Waals surface area contributed by atoms with Crippen LogP contribution in [0.3, 0.4) is 0 Å². The van der Waals surface area contributed by atoms with Gasteiger partial charge in [-0.2, -0.15) is 0 Å². The molecule has 98 valence electrons. The summed E-state index contributed by atoms with van der Waals surface area (Å²) in [6.07, 6.45) is 1.11. The van der Waals surface area contributed by atoms with Gasteiger partial charge in [0.1, 0.15) is 5.75 Å². The zero-order valence-electron chi connectivity index (χ0n) is 10.0. The van der Waals surface area contributed by atoms with Gasteiger partial charge in [0.25, 0.3) is 0 Å². The monoisotopic (exact) mass is 313 g/mol. The first-order valence-corrected chi connectivity index (χ1v) is 6.80. The Morgan fingerprint density at radius 3 is 3.11 bits per heavy atom. The van der Waals surface area contributed by atoms with E-state index < -0.39 is 6.09 Å². The van der Waals surface area contributed by atoms with Crippen LogP contribution in [0, 0.1) is 5.92 Å². The van der Waals surface area contributed by atoms with Crippen LogP contribution in [-0.2, 0) is 0 Å². The summed E-state index contributed by atoms with van der Waals surface area (Å²) < 4.78 is 6.69. The van der Waals surface area contributed by atoms with Crippen LogP contribution in [0.5, 0.6) is 5.75 Å². The molecule has 5 heteroatoms. The third-order valence-electron chi connectivity index (χ3n) is 3.07. The number of carbonyl (C=O) groups is 1. The molecule has 1 fully saturated rings. The van der Waals surface area contributed by atoms with Crippen molar-refractivity contribution in [2.24, 2.45) is 5.92 Å². The number of nitrogens with zero attached hydrogens (tertiary/aromatic N) is 1. The summed E-state index contributed by atoms with van der Waals surface area (Å²) in [6.45, 7) is 1.78. The Bertz CT molecular complexity index is 424. The minimum Gasteiger partial charge on any atom is -0.493 e. The Hall–Kier alpha value is -1.23. The minimum absolute atomic E-state index is 0.286. The topological polar surface area (TPSA) is 49.8 Å². The largest absolute Gasteiger partial charge is 0.493 e. The maximum atomic E-state index is 10.9. The standard InChI is InChI=1S/C13H16BrNO3/c14-11-4-1-5-12(7-11)18-9-10-3-2-6-15(8-10)13(16)17/h1,4-5,7,10H,2-3,6,8-9H2,(H,16,17). The van der Waals surface area contributed by atoms with Crippen LogP contribution in [0.4, 0.5) is 4.79 Å². The van der Waals surface area contributed by atoms with E-state index in [9.17, 15) is 4.79 Å². The van der Waals surface area contributed by atoms with E-state index in [1.165, 1.54) is 4.90 Å². The van der Waals surface area contributed by atoms with Crippen LogP contribution in [0.1, 0.15) is 12.8 Å². The molecule has 1 unspecified atom stereocenters. The molecule has 1 saturated heterocycles. The fourth-order valence-corrected chi connectivity index (χ4v) is 2.52. The van der Waals surface area contributed by atoms with E-state index in [1.54, 1.807) is 0 Å². The molecule has 18 heavy (non-hydrogen) atoms. The predicted molar refractivity (Wildman–Crippen MR) is 72.0 cm³/mol. The van der Waals surface area contributed by atoms with Crippen molar-refractivity contribution in [1.29, 1.82) is 0 Å². The number of hydrogen-bond donors (Lipinski definition) is 1. The van der Waals surface area contributed by atoms with Gasteiger partial charge in [0.2, 0.25) is 0 Å². The van der Waals surface area contributed by atoms with E-state index in [2.05, 4.69) is 15.9 Å². The lowest BCUT2D eigenvalue weighted by atomic mass is 9.99. The Labute approximate surface area is 115 Å². The Morgan fingerprint density at radius 2 is 2.39 bits per heavy atom. The average molecular weight is 314 g/mol. The van der Waals surface area contributed by atoms with Crippen molar-refractivity contribution < 1.29 is 14.6 Å². The number of hydrogen-bond acceptors (Lipinski definition) is 2. The summed E-state index contributed by atoms with van der Waals surface area (Å²) in [5.41, 5.74) is 0. The van der Waals surface area contributed by atoms with Crippen molar-refractivity contribution in [1.82, 2.24) is 4.90 Å². The highest BCUT2D eigenvalue weighted by Gasteiger charge is 2.23. The van der Waals surface area contributed by atoms with E-state index in [4.69, 9.17) is 9.84 Å². The van der Waals surface area contributed by atoms with E-state index >= 15 is 0 Å². The van der Waals surface area contributed by atoms with Gasteiger partial charge in [-0.05, 0) is 31.0 Å². The molecular formula is C13H16BrNO3. The predicted octanol–water partition coefficient (Wildman–Crippen LogP) is 3.22. The van der Waals surface area contributed by atoms with Crippen molar-refractivity contribution in [3.8, 4) is 5.75 Å². The lowest BCUT2D eigenvalue weighted by molar-refractivity contribution is 0.105. The summed E-state index contributed by atoms with van der Waals surface area (Å²) in [5, 5.41) is 8.96. The molecule has 1 heterocycles. The number of amides is 1. The third-order valence-corrected chi connectivity index (χ3v) is 3.56. The highest BCUT2D eigenvalue weighted by molar-refractivity contribution is 9.10. The highest BCUT2D eigenvalue weighted by Crippen LogP contribution is 2.21. The SMILES string of the molecule is O=C(O)N1CCCC(COc2cccc(Br)c2)C1. The molecule has 1 atom stereocenters. The van der Waals surface area contributed by atoms with E-state index in [1.807, 2.05) is 24.3 Å². The number of ether oxygens (including phenoxy) is 1. The highest BCUT2D eigenvalue weighted by atomic mass is 79.9. The smallest absolute Gasteiger partial charge is 0.407 e. The van der Waals surface area contributed by atoms with Crippen LogP contribution in [0.15, 0.2) is 28.7 Å². The lowest BCUT2D eigenvalue weighted by Gasteiger charge is -2.30. The van der Waals surface area contributed by atoms with Crippen LogP contribution in [0.25, 0.3) is 0 Å². The summed E-state index contributed by atoms with van der Waals surface area (Å²) in [5.74, 6) is 1.10. The third kappa shape index (κ3) is 3.63. The molecule has 1 N–H and O–H groups in total. The molecule has 4 nitrogen and oxygen atoms in total. The number of likely N-dealkylation sites (tertiary alicyclic amines) is 1.